The molecule has 0 aliphatic carbocycles. The molecule has 0 bridgehead atoms. The summed E-state index contributed by atoms with van der Waals surface area (Å²) in [4.78, 5) is 14.6. The second-order valence-electron chi connectivity index (χ2n) is 5.37. The van der Waals surface area contributed by atoms with Gasteiger partial charge in [-0.15, -0.1) is 0 Å². The molecule has 2 N–H and O–H groups in total. The summed E-state index contributed by atoms with van der Waals surface area (Å²) < 4.78 is 0. The third kappa shape index (κ3) is 2.35. The van der Waals surface area contributed by atoms with Gasteiger partial charge < -0.3 is 10.6 Å². The van der Waals surface area contributed by atoms with Gasteiger partial charge in [-0.2, -0.15) is 0 Å². The van der Waals surface area contributed by atoms with Crippen LogP contribution in [-0.4, -0.2) is 23.4 Å². The minimum atomic E-state index is 0.131. The molecule has 3 heteroatoms. The van der Waals surface area contributed by atoms with Crippen LogP contribution in [0.2, 0.25) is 0 Å². The highest BCUT2D eigenvalue weighted by Gasteiger charge is 2.25. The van der Waals surface area contributed by atoms with Gasteiger partial charge in [0.05, 0.1) is 0 Å². The molecule has 0 radical (unpaired) electrons. The van der Waals surface area contributed by atoms with Gasteiger partial charge in [-0.05, 0) is 57.2 Å². The van der Waals surface area contributed by atoms with Gasteiger partial charge in [0.2, 0.25) is 0 Å². The summed E-state index contributed by atoms with van der Waals surface area (Å²) >= 11 is 0. The zero-order chi connectivity index (χ0) is 13.3. The van der Waals surface area contributed by atoms with Crippen molar-refractivity contribution in [1.82, 2.24) is 4.90 Å². The van der Waals surface area contributed by atoms with Gasteiger partial charge in [0, 0.05) is 23.8 Å². The number of hydrogen-bond donors (Lipinski definition) is 1. The van der Waals surface area contributed by atoms with Gasteiger partial charge in [-0.3, -0.25) is 4.79 Å². The van der Waals surface area contributed by atoms with Crippen molar-refractivity contribution in [2.24, 2.45) is 0 Å². The van der Waals surface area contributed by atoms with Crippen molar-refractivity contribution in [2.45, 2.75) is 46.1 Å². The maximum Gasteiger partial charge on any atom is 0.254 e. The molecule has 1 aliphatic rings. The largest absolute Gasteiger partial charge is 0.398 e. The molecule has 1 aromatic rings. The number of likely N-dealkylation sites (tertiary alicyclic amines) is 1. The molecule has 1 atom stereocenters. The predicted octanol–water partition coefficient (Wildman–Crippen LogP) is 2.90. The molecule has 0 saturated carbocycles. The Morgan fingerprint density at radius 1 is 1.28 bits per heavy atom. The molecule has 3 nitrogen and oxygen atoms in total. The Morgan fingerprint density at radius 2 is 2.00 bits per heavy atom. The monoisotopic (exact) mass is 246 g/mol. The highest BCUT2D eigenvalue weighted by molar-refractivity contribution is 5.97. The molecule has 1 aliphatic heterocycles. The van der Waals surface area contributed by atoms with E-state index in [-0.39, 0.29) is 5.91 Å². The number of rotatable bonds is 1. The van der Waals surface area contributed by atoms with Crippen molar-refractivity contribution in [1.29, 1.82) is 0 Å². The predicted molar refractivity (Wildman–Crippen MR) is 74.7 cm³/mol. The number of anilines is 1. The Hall–Kier alpha value is -1.51. The number of carbonyl (C=O) groups is 1. The van der Waals surface area contributed by atoms with E-state index in [0.717, 1.165) is 36.1 Å². The molecule has 18 heavy (non-hydrogen) atoms. The van der Waals surface area contributed by atoms with E-state index in [2.05, 4.69) is 6.92 Å². The first-order valence-electron chi connectivity index (χ1n) is 6.68. The Bertz CT molecular complexity index is 468. The van der Waals surface area contributed by atoms with Gasteiger partial charge in [-0.25, -0.2) is 0 Å². The zero-order valence-electron chi connectivity index (χ0n) is 11.5. The number of nitrogens with zero attached hydrogens (tertiary/aromatic N) is 1. The quantitative estimate of drug-likeness (QED) is 0.774. The van der Waals surface area contributed by atoms with Crippen LogP contribution in [0.25, 0.3) is 0 Å². The summed E-state index contributed by atoms with van der Waals surface area (Å²) in [6.45, 7) is 6.95. The topological polar surface area (TPSA) is 46.3 Å². The van der Waals surface area contributed by atoms with E-state index in [0.29, 0.717) is 11.7 Å². The van der Waals surface area contributed by atoms with Gasteiger partial charge in [-0.1, -0.05) is 6.07 Å². The summed E-state index contributed by atoms with van der Waals surface area (Å²) in [5, 5.41) is 0. The van der Waals surface area contributed by atoms with Crippen LogP contribution in [0.3, 0.4) is 0 Å². The number of aryl methyl sites for hydroxylation is 2. The van der Waals surface area contributed by atoms with E-state index in [9.17, 15) is 4.79 Å². The lowest BCUT2D eigenvalue weighted by Crippen LogP contribution is -2.42. The second-order valence-corrected chi connectivity index (χ2v) is 5.37. The van der Waals surface area contributed by atoms with Crippen molar-refractivity contribution in [3.05, 3.63) is 28.8 Å². The molecule has 98 valence electrons. The first-order chi connectivity index (χ1) is 8.50. The lowest BCUT2D eigenvalue weighted by molar-refractivity contribution is 0.0635. The Kier molecular flexibility index (Phi) is 3.60. The summed E-state index contributed by atoms with van der Waals surface area (Å²) in [6.07, 6.45) is 3.43. The average Bonchev–Trinajstić information content (AvgIpc) is 2.33. The molecule has 1 aromatic carbocycles. The van der Waals surface area contributed by atoms with Crippen molar-refractivity contribution in [3.8, 4) is 0 Å². The Morgan fingerprint density at radius 3 is 2.67 bits per heavy atom. The first-order valence-corrected chi connectivity index (χ1v) is 6.68. The third-order valence-corrected chi connectivity index (χ3v) is 3.91. The Labute approximate surface area is 109 Å². The summed E-state index contributed by atoms with van der Waals surface area (Å²) in [5.41, 5.74) is 9.44. The molecule has 0 aromatic heterocycles. The van der Waals surface area contributed by atoms with E-state index in [1.807, 2.05) is 30.9 Å². The number of piperidine rings is 1. The molecule has 1 heterocycles. The van der Waals surface area contributed by atoms with E-state index >= 15 is 0 Å². The fourth-order valence-electron chi connectivity index (χ4n) is 2.65. The molecule has 2 rings (SSSR count). The van der Waals surface area contributed by atoms with Crippen molar-refractivity contribution >= 4 is 11.6 Å². The standard InChI is InChI=1S/C15H22N2O/c1-10-8-11(2)14(16)9-13(10)15(18)17-7-5-4-6-12(17)3/h8-9,12H,4-7,16H2,1-3H3. The van der Waals surface area contributed by atoms with E-state index in [1.165, 1.54) is 6.42 Å². The van der Waals surface area contributed by atoms with Gasteiger partial charge in [0.25, 0.3) is 5.91 Å². The molecule has 1 unspecified atom stereocenters. The van der Waals surface area contributed by atoms with Crippen LogP contribution in [0.1, 0.15) is 47.7 Å². The van der Waals surface area contributed by atoms with E-state index in [1.54, 1.807) is 0 Å². The van der Waals surface area contributed by atoms with E-state index in [4.69, 9.17) is 5.73 Å². The lowest BCUT2D eigenvalue weighted by Gasteiger charge is -2.34. The number of amides is 1. The summed E-state index contributed by atoms with van der Waals surface area (Å²) in [5.74, 6) is 0.131. The van der Waals surface area contributed by atoms with Crippen LogP contribution in [0.5, 0.6) is 0 Å². The second kappa shape index (κ2) is 5.01. The van der Waals surface area contributed by atoms with E-state index < -0.39 is 0 Å². The van der Waals surface area contributed by atoms with Crippen molar-refractivity contribution < 1.29 is 4.79 Å². The first kappa shape index (κ1) is 12.9. The normalized spacial score (nSPS) is 19.9. The molecule has 1 amide bonds. The smallest absolute Gasteiger partial charge is 0.254 e. The van der Waals surface area contributed by atoms with Crippen molar-refractivity contribution in [2.75, 3.05) is 12.3 Å². The fourth-order valence-corrected chi connectivity index (χ4v) is 2.65. The highest BCUT2D eigenvalue weighted by atomic mass is 16.2. The number of hydrogen-bond acceptors (Lipinski definition) is 2. The maximum absolute atomic E-state index is 12.6. The van der Waals surface area contributed by atoms with Crippen LogP contribution in [0.4, 0.5) is 5.69 Å². The fraction of sp³-hybridized carbons (Fsp3) is 0.533. The SMILES string of the molecule is Cc1cc(C)c(C(=O)N2CCCCC2C)cc1N. The lowest BCUT2D eigenvalue weighted by atomic mass is 9.99. The van der Waals surface area contributed by atoms with Gasteiger partial charge >= 0.3 is 0 Å². The number of nitrogen functional groups attached to an aromatic ring is 1. The molecule has 0 spiro atoms. The number of carbonyl (C=O) groups excluding carboxylic acids is 1. The van der Waals surface area contributed by atoms with Crippen LogP contribution in [0.15, 0.2) is 12.1 Å². The number of nitrogens with two attached hydrogens (primary N) is 1. The highest BCUT2D eigenvalue weighted by Crippen LogP contribution is 2.23. The minimum Gasteiger partial charge on any atom is -0.398 e. The van der Waals surface area contributed by atoms with Crippen LogP contribution in [0, 0.1) is 13.8 Å². The van der Waals surface area contributed by atoms with Gasteiger partial charge in [0.1, 0.15) is 0 Å². The zero-order valence-corrected chi connectivity index (χ0v) is 11.5. The third-order valence-electron chi connectivity index (χ3n) is 3.91. The minimum absolute atomic E-state index is 0.131. The van der Waals surface area contributed by atoms with Crippen molar-refractivity contribution in [3.63, 3.8) is 0 Å². The van der Waals surface area contributed by atoms with Gasteiger partial charge in [0.15, 0.2) is 0 Å². The average molecular weight is 246 g/mol. The summed E-state index contributed by atoms with van der Waals surface area (Å²) in [7, 11) is 0. The Balaban J connectivity index is 2.30. The van der Waals surface area contributed by atoms with Crippen LogP contribution in [-0.2, 0) is 0 Å². The molecule has 1 fully saturated rings. The van der Waals surface area contributed by atoms with Crippen LogP contribution < -0.4 is 5.73 Å². The molecular weight excluding hydrogens is 224 g/mol. The molecular formula is C15H22N2O. The number of benzene rings is 1. The van der Waals surface area contributed by atoms with Crippen LogP contribution >= 0.6 is 0 Å². The molecule has 1 saturated heterocycles. The maximum atomic E-state index is 12.6. The summed E-state index contributed by atoms with van der Waals surface area (Å²) in [6, 6.07) is 4.17.